The van der Waals surface area contributed by atoms with Crippen LogP contribution in [0.2, 0.25) is 0 Å². The molecule has 0 bridgehead atoms. The number of amides is 1. The van der Waals surface area contributed by atoms with Crippen molar-refractivity contribution < 1.29 is 19.1 Å². The minimum absolute atomic E-state index is 0.00875. The summed E-state index contributed by atoms with van der Waals surface area (Å²) in [4.78, 5) is 29.3. The highest BCUT2D eigenvalue weighted by atomic mass is 19.1. The number of aromatic nitrogens is 1. The maximum absolute atomic E-state index is 14.1. The Kier molecular flexibility index (Phi) is 8.73. The number of nitrogens with zero attached hydrogens (tertiary/aromatic N) is 2. The molecule has 0 aliphatic carbocycles. The van der Waals surface area contributed by atoms with Gasteiger partial charge in [0.05, 0.1) is 29.2 Å². The molecule has 30 heavy (non-hydrogen) atoms. The number of pyridine rings is 1. The number of benzene rings is 1. The van der Waals surface area contributed by atoms with Gasteiger partial charge in [0.1, 0.15) is 5.82 Å². The quantitative estimate of drug-likeness (QED) is 0.609. The number of hydrogen-bond donors (Lipinski definition) is 3. The van der Waals surface area contributed by atoms with Crippen LogP contribution < -0.4 is 10.6 Å². The summed E-state index contributed by atoms with van der Waals surface area (Å²) < 4.78 is 14.1. The Labute approximate surface area is 176 Å². The summed E-state index contributed by atoms with van der Waals surface area (Å²) in [6.45, 7) is 7.88. The molecule has 2 aromatic rings. The number of nitrogens with one attached hydrogen (secondary N) is 2. The number of carbonyl (C=O) groups is 2. The fraction of sp³-hybridized carbons (Fsp3) is 0.409. The highest BCUT2D eigenvalue weighted by Gasteiger charge is 2.28. The molecule has 3 rings (SSSR count). The highest BCUT2D eigenvalue weighted by molar-refractivity contribution is 6.00. The second-order valence-corrected chi connectivity index (χ2v) is 6.96. The molecule has 1 aliphatic rings. The number of aliphatic carboxylic acids is 1. The number of carboxylic acid groups (broad SMARTS) is 1. The first-order chi connectivity index (χ1) is 14.4. The van der Waals surface area contributed by atoms with E-state index < -0.39 is 11.8 Å². The standard InChI is InChI=1S/C20H23FN4O3.C2H6/c1-13-4-5-17(16(21)9-13)24-18-10-22-7-6-15(18)20(28)23-14-11-25(12-14)8-2-3-19(26)27;1-2/h4-7,9-10,14,24H,2-3,8,11-12H2,1H3,(H,23,28)(H,26,27);1-2H3. The van der Waals surface area contributed by atoms with Crippen molar-refractivity contribution in [2.75, 3.05) is 25.0 Å². The van der Waals surface area contributed by atoms with Gasteiger partial charge in [-0.05, 0) is 43.7 Å². The summed E-state index contributed by atoms with van der Waals surface area (Å²) in [6.07, 6.45) is 3.75. The van der Waals surface area contributed by atoms with Crippen LogP contribution in [-0.2, 0) is 4.79 Å². The SMILES string of the molecule is CC.Cc1ccc(Nc2cnccc2C(=O)NC2CN(CCCC(=O)O)C2)c(F)c1. The van der Waals surface area contributed by atoms with Gasteiger partial charge >= 0.3 is 5.97 Å². The molecular weight excluding hydrogens is 387 g/mol. The number of likely N-dealkylation sites (tertiary alicyclic amines) is 1. The first-order valence-electron chi connectivity index (χ1n) is 10.1. The number of anilines is 2. The van der Waals surface area contributed by atoms with Gasteiger partial charge in [0, 0.05) is 25.7 Å². The molecule has 0 unspecified atom stereocenters. The van der Waals surface area contributed by atoms with Gasteiger partial charge in [-0.1, -0.05) is 19.9 Å². The van der Waals surface area contributed by atoms with Crippen molar-refractivity contribution in [1.82, 2.24) is 15.2 Å². The van der Waals surface area contributed by atoms with E-state index in [0.717, 1.165) is 5.56 Å². The Morgan fingerprint density at radius 1 is 1.23 bits per heavy atom. The lowest BCUT2D eigenvalue weighted by Gasteiger charge is -2.39. The lowest BCUT2D eigenvalue weighted by molar-refractivity contribution is -0.137. The van der Waals surface area contributed by atoms with Crippen LogP contribution in [0.15, 0.2) is 36.7 Å². The molecule has 8 heteroatoms. The van der Waals surface area contributed by atoms with E-state index in [1.165, 1.54) is 18.5 Å². The van der Waals surface area contributed by atoms with Crippen LogP contribution in [0.3, 0.4) is 0 Å². The molecule has 1 saturated heterocycles. The predicted molar refractivity (Wildman–Crippen MR) is 115 cm³/mol. The smallest absolute Gasteiger partial charge is 0.303 e. The van der Waals surface area contributed by atoms with Crippen LogP contribution in [0.5, 0.6) is 0 Å². The van der Waals surface area contributed by atoms with Crippen LogP contribution in [-0.4, -0.2) is 52.5 Å². The van der Waals surface area contributed by atoms with Gasteiger partial charge in [0.2, 0.25) is 0 Å². The molecule has 0 saturated carbocycles. The lowest BCUT2D eigenvalue weighted by Crippen LogP contribution is -2.59. The van der Waals surface area contributed by atoms with Crippen molar-refractivity contribution in [2.24, 2.45) is 0 Å². The number of halogens is 1. The third-order valence-electron chi connectivity index (χ3n) is 4.62. The van der Waals surface area contributed by atoms with Crippen LogP contribution in [0, 0.1) is 12.7 Å². The molecule has 7 nitrogen and oxygen atoms in total. The van der Waals surface area contributed by atoms with Gasteiger partial charge in [0.15, 0.2) is 0 Å². The lowest BCUT2D eigenvalue weighted by atomic mass is 10.1. The molecule has 1 fully saturated rings. The number of carbonyl (C=O) groups excluding carboxylic acids is 1. The van der Waals surface area contributed by atoms with E-state index in [4.69, 9.17) is 5.11 Å². The van der Waals surface area contributed by atoms with Crippen molar-refractivity contribution in [2.45, 2.75) is 39.7 Å². The van der Waals surface area contributed by atoms with Gasteiger partial charge in [-0.2, -0.15) is 0 Å². The zero-order valence-corrected chi connectivity index (χ0v) is 17.6. The zero-order chi connectivity index (χ0) is 22.1. The number of carboxylic acids is 1. The normalized spacial score (nSPS) is 13.6. The number of hydrogen-bond acceptors (Lipinski definition) is 5. The van der Waals surface area contributed by atoms with Crippen molar-refractivity contribution >= 4 is 23.3 Å². The third-order valence-corrected chi connectivity index (χ3v) is 4.62. The summed E-state index contributed by atoms with van der Waals surface area (Å²) >= 11 is 0. The van der Waals surface area contributed by atoms with Crippen molar-refractivity contribution in [1.29, 1.82) is 0 Å². The minimum Gasteiger partial charge on any atom is -0.481 e. The van der Waals surface area contributed by atoms with Gasteiger partial charge < -0.3 is 15.7 Å². The van der Waals surface area contributed by atoms with E-state index in [0.29, 0.717) is 37.3 Å². The van der Waals surface area contributed by atoms with E-state index in [1.54, 1.807) is 25.1 Å². The van der Waals surface area contributed by atoms with Gasteiger partial charge in [-0.3, -0.25) is 19.5 Å². The molecule has 162 valence electrons. The molecule has 1 aromatic heterocycles. The molecule has 0 atom stereocenters. The fourth-order valence-corrected chi connectivity index (χ4v) is 3.12. The number of rotatable bonds is 8. The van der Waals surface area contributed by atoms with Crippen molar-refractivity contribution in [3.05, 3.63) is 53.6 Å². The monoisotopic (exact) mass is 416 g/mol. The first kappa shape index (κ1) is 23.3. The topological polar surface area (TPSA) is 94.6 Å². The Bertz CT molecular complexity index is 869. The van der Waals surface area contributed by atoms with Crippen LogP contribution in [0.25, 0.3) is 0 Å². The average Bonchev–Trinajstić information content (AvgIpc) is 2.69. The van der Waals surface area contributed by atoms with Gasteiger partial charge in [-0.15, -0.1) is 0 Å². The fourth-order valence-electron chi connectivity index (χ4n) is 3.12. The number of aryl methyl sites for hydroxylation is 1. The highest BCUT2D eigenvalue weighted by Crippen LogP contribution is 2.23. The molecule has 0 spiro atoms. The Hall–Kier alpha value is -3.00. The van der Waals surface area contributed by atoms with Crippen LogP contribution in [0.4, 0.5) is 15.8 Å². The predicted octanol–water partition coefficient (Wildman–Crippen LogP) is 3.58. The molecule has 1 amide bonds. The third kappa shape index (κ3) is 6.52. The largest absolute Gasteiger partial charge is 0.481 e. The summed E-state index contributed by atoms with van der Waals surface area (Å²) in [5.74, 6) is -1.45. The minimum atomic E-state index is -0.798. The Morgan fingerprint density at radius 3 is 2.63 bits per heavy atom. The second-order valence-electron chi connectivity index (χ2n) is 6.96. The zero-order valence-electron chi connectivity index (χ0n) is 17.6. The van der Waals surface area contributed by atoms with Gasteiger partial charge in [0.25, 0.3) is 5.91 Å². The molecule has 1 aliphatic heterocycles. The molecule has 0 radical (unpaired) electrons. The van der Waals surface area contributed by atoms with Crippen molar-refractivity contribution in [3.63, 3.8) is 0 Å². The van der Waals surface area contributed by atoms with Gasteiger partial charge in [-0.25, -0.2) is 4.39 Å². The second kappa shape index (κ2) is 11.3. The van der Waals surface area contributed by atoms with Crippen molar-refractivity contribution in [3.8, 4) is 0 Å². The summed E-state index contributed by atoms with van der Waals surface area (Å²) in [6, 6.07) is 6.43. The van der Waals surface area contributed by atoms with E-state index in [-0.39, 0.29) is 24.1 Å². The Balaban J connectivity index is 0.00000155. The summed E-state index contributed by atoms with van der Waals surface area (Å²) in [7, 11) is 0. The molecule has 3 N–H and O–H groups in total. The maximum Gasteiger partial charge on any atom is 0.303 e. The molecule has 2 heterocycles. The molecular formula is C22H29FN4O3. The maximum atomic E-state index is 14.1. The van der Waals surface area contributed by atoms with Crippen LogP contribution >= 0.6 is 0 Å². The first-order valence-corrected chi connectivity index (χ1v) is 10.1. The molecule has 1 aromatic carbocycles. The Morgan fingerprint density at radius 2 is 1.97 bits per heavy atom. The summed E-state index contributed by atoms with van der Waals surface area (Å²) in [5.41, 5.74) is 1.91. The summed E-state index contributed by atoms with van der Waals surface area (Å²) in [5, 5.41) is 14.6. The van der Waals surface area contributed by atoms with E-state index in [1.807, 2.05) is 13.8 Å². The van der Waals surface area contributed by atoms with E-state index in [2.05, 4.69) is 20.5 Å². The van der Waals surface area contributed by atoms with E-state index in [9.17, 15) is 14.0 Å². The van der Waals surface area contributed by atoms with Crippen LogP contribution in [0.1, 0.15) is 42.6 Å². The van der Waals surface area contributed by atoms with E-state index >= 15 is 0 Å². The average molecular weight is 416 g/mol.